The molecular weight excluding hydrogens is 208 g/mol. The molecule has 2 nitrogen and oxygen atoms in total. The smallest absolute Gasteiger partial charge is 0.0704 e. The summed E-state index contributed by atoms with van der Waals surface area (Å²) in [5, 5.41) is 4.45. The molecule has 0 aliphatic carbocycles. The molecule has 0 aliphatic rings. The summed E-state index contributed by atoms with van der Waals surface area (Å²) in [5.41, 5.74) is 2.47. The molecule has 1 aromatic carbocycles. The highest BCUT2D eigenvalue weighted by Gasteiger charge is 2.13. The summed E-state index contributed by atoms with van der Waals surface area (Å²) in [5.74, 6) is 1.18. The first-order chi connectivity index (χ1) is 8.22. The van der Waals surface area contributed by atoms with Crippen molar-refractivity contribution < 1.29 is 0 Å². The largest absolute Gasteiger partial charge is 0.319 e. The van der Waals surface area contributed by atoms with Gasteiger partial charge in [0.1, 0.15) is 0 Å². The molecule has 2 rings (SSSR count). The Morgan fingerprint density at radius 1 is 1.24 bits per heavy atom. The quantitative estimate of drug-likeness (QED) is 0.869. The van der Waals surface area contributed by atoms with Crippen LogP contribution in [0.25, 0.3) is 10.9 Å². The van der Waals surface area contributed by atoms with Gasteiger partial charge in [-0.1, -0.05) is 32.0 Å². The van der Waals surface area contributed by atoms with E-state index in [0.29, 0.717) is 11.8 Å². The fraction of sp³-hybridized carbons (Fsp3) is 0.400. The third kappa shape index (κ3) is 2.64. The maximum absolute atomic E-state index is 4.41. The molecule has 0 fully saturated rings. The van der Waals surface area contributed by atoms with Crippen LogP contribution >= 0.6 is 0 Å². The lowest BCUT2D eigenvalue weighted by atomic mass is 9.88. The number of pyridine rings is 1. The van der Waals surface area contributed by atoms with Crippen molar-refractivity contribution in [1.29, 1.82) is 0 Å². The van der Waals surface area contributed by atoms with Crippen LogP contribution in [-0.2, 0) is 0 Å². The average Bonchev–Trinajstić information content (AvgIpc) is 2.37. The zero-order chi connectivity index (χ0) is 12.3. The Hall–Kier alpha value is -1.41. The Labute approximate surface area is 103 Å². The van der Waals surface area contributed by atoms with Gasteiger partial charge in [0.25, 0.3) is 0 Å². The molecule has 0 saturated carbocycles. The Morgan fingerprint density at radius 3 is 2.82 bits per heavy atom. The van der Waals surface area contributed by atoms with Crippen molar-refractivity contribution in [3.8, 4) is 0 Å². The maximum atomic E-state index is 4.41. The summed E-state index contributed by atoms with van der Waals surface area (Å²) in [7, 11) is 2.01. The third-order valence-electron chi connectivity index (χ3n) is 3.54. The number of hydrogen-bond acceptors (Lipinski definition) is 2. The van der Waals surface area contributed by atoms with E-state index in [1.807, 2.05) is 19.3 Å². The first-order valence-corrected chi connectivity index (χ1v) is 6.21. The predicted molar refractivity (Wildman–Crippen MR) is 73.2 cm³/mol. The van der Waals surface area contributed by atoms with Crippen molar-refractivity contribution in [3.63, 3.8) is 0 Å². The molecule has 17 heavy (non-hydrogen) atoms. The molecule has 2 aromatic rings. The number of fused-ring (bicyclic) bond motifs is 1. The van der Waals surface area contributed by atoms with Gasteiger partial charge in [-0.3, -0.25) is 4.98 Å². The first kappa shape index (κ1) is 12.1. The summed E-state index contributed by atoms with van der Waals surface area (Å²) in [6.07, 6.45) is 1.85. The van der Waals surface area contributed by atoms with E-state index in [2.05, 4.69) is 48.4 Å². The molecule has 1 aromatic heterocycles. The molecule has 2 unspecified atom stereocenters. The molecule has 0 radical (unpaired) electrons. The number of hydrogen-bond donors (Lipinski definition) is 1. The molecule has 1 heterocycles. The molecule has 2 atom stereocenters. The van der Waals surface area contributed by atoms with Crippen LogP contribution in [0.4, 0.5) is 0 Å². The monoisotopic (exact) mass is 228 g/mol. The zero-order valence-corrected chi connectivity index (χ0v) is 10.8. The lowest BCUT2D eigenvalue weighted by Gasteiger charge is -2.20. The summed E-state index contributed by atoms with van der Waals surface area (Å²) in [6.45, 7) is 5.61. The molecular formula is C15H20N2. The van der Waals surface area contributed by atoms with Gasteiger partial charge in [0.2, 0.25) is 0 Å². The first-order valence-electron chi connectivity index (χ1n) is 6.21. The normalized spacial score (nSPS) is 14.8. The maximum Gasteiger partial charge on any atom is 0.0704 e. The van der Waals surface area contributed by atoms with Crippen LogP contribution in [-0.4, -0.2) is 18.6 Å². The number of aromatic nitrogens is 1. The topological polar surface area (TPSA) is 24.9 Å². The second kappa shape index (κ2) is 5.28. The Kier molecular flexibility index (Phi) is 3.75. The van der Waals surface area contributed by atoms with E-state index >= 15 is 0 Å². The molecule has 0 saturated heterocycles. The Bertz CT molecular complexity index is 493. The standard InChI is InChI=1S/C15H20N2/c1-11(10-16-3)12(2)14-7-6-13-5-4-8-17-15(13)9-14/h4-9,11-12,16H,10H2,1-3H3. The minimum absolute atomic E-state index is 0.550. The number of benzene rings is 1. The summed E-state index contributed by atoms with van der Waals surface area (Å²) >= 11 is 0. The summed E-state index contributed by atoms with van der Waals surface area (Å²) < 4.78 is 0. The van der Waals surface area contributed by atoms with Gasteiger partial charge in [0.05, 0.1) is 5.52 Å². The minimum atomic E-state index is 0.550. The van der Waals surface area contributed by atoms with Crippen LogP contribution in [0, 0.1) is 5.92 Å². The molecule has 1 N–H and O–H groups in total. The highest BCUT2D eigenvalue weighted by molar-refractivity contribution is 5.78. The van der Waals surface area contributed by atoms with Crippen molar-refractivity contribution in [2.75, 3.05) is 13.6 Å². The van der Waals surface area contributed by atoms with Crippen LogP contribution in [0.5, 0.6) is 0 Å². The lowest BCUT2D eigenvalue weighted by molar-refractivity contribution is 0.466. The molecule has 0 bridgehead atoms. The van der Waals surface area contributed by atoms with Gasteiger partial charge in [-0.2, -0.15) is 0 Å². The number of nitrogens with one attached hydrogen (secondary N) is 1. The van der Waals surface area contributed by atoms with E-state index in [1.54, 1.807) is 0 Å². The van der Waals surface area contributed by atoms with Crippen LogP contribution in [0.15, 0.2) is 36.5 Å². The highest BCUT2D eigenvalue weighted by atomic mass is 14.8. The van der Waals surface area contributed by atoms with Crippen molar-refractivity contribution in [2.24, 2.45) is 5.92 Å². The third-order valence-corrected chi connectivity index (χ3v) is 3.54. The van der Waals surface area contributed by atoms with Crippen molar-refractivity contribution in [3.05, 3.63) is 42.1 Å². The molecule has 0 spiro atoms. The zero-order valence-electron chi connectivity index (χ0n) is 10.8. The summed E-state index contributed by atoms with van der Waals surface area (Å²) in [4.78, 5) is 4.41. The fourth-order valence-corrected chi connectivity index (χ4v) is 2.19. The lowest BCUT2D eigenvalue weighted by Crippen LogP contribution is -2.20. The van der Waals surface area contributed by atoms with Crippen LogP contribution in [0.2, 0.25) is 0 Å². The summed E-state index contributed by atoms with van der Waals surface area (Å²) in [6, 6.07) is 10.7. The van der Waals surface area contributed by atoms with Crippen molar-refractivity contribution >= 4 is 10.9 Å². The highest BCUT2D eigenvalue weighted by Crippen LogP contribution is 2.26. The van der Waals surface area contributed by atoms with Crippen LogP contribution in [0.3, 0.4) is 0 Å². The Morgan fingerprint density at radius 2 is 2.06 bits per heavy atom. The van der Waals surface area contributed by atoms with Gasteiger partial charge in [0.15, 0.2) is 0 Å². The van der Waals surface area contributed by atoms with E-state index in [1.165, 1.54) is 10.9 Å². The van der Waals surface area contributed by atoms with Gasteiger partial charge in [-0.15, -0.1) is 0 Å². The average molecular weight is 228 g/mol. The van der Waals surface area contributed by atoms with Gasteiger partial charge in [-0.05, 0) is 43.1 Å². The number of rotatable bonds is 4. The van der Waals surface area contributed by atoms with Gasteiger partial charge in [-0.25, -0.2) is 0 Å². The van der Waals surface area contributed by atoms with E-state index in [0.717, 1.165) is 12.1 Å². The van der Waals surface area contributed by atoms with E-state index < -0.39 is 0 Å². The fourth-order valence-electron chi connectivity index (χ4n) is 2.19. The molecule has 0 amide bonds. The SMILES string of the molecule is CNCC(C)C(C)c1ccc2cccnc2c1. The second-order valence-electron chi connectivity index (χ2n) is 4.78. The van der Waals surface area contributed by atoms with Crippen molar-refractivity contribution in [1.82, 2.24) is 10.3 Å². The van der Waals surface area contributed by atoms with Crippen LogP contribution < -0.4 is 5.32 Å². The molecule has 2 heteroatoms. The molecule has 90 valence electrons. The van der Waals surface area contributed by atoms with Gasteiger partial charge < -0.3 is 5.32 Å². The predicted octanol–water partition coefficient (Wildman–Crippen LogP) is 3.19. The second-order valence-corrected chi connectivity index (χ2v) is 4.78. The van der Waals surface area contributed by atoms with Crippen LogP contribution in [0.1, 0.15) is 25.3 Å². The van der Waals surface area contributed by atoms with Crippen molar-refractivity contribution in [2.45, 2.75) is 19.8 Å². The van der Waals surface area contributed by atoms with Gasteiger partial charge >= 0.3 is 0 Å². The van der Waals surface area contributed by atoms with E-state index in [9.17, 15) is 0 Å². The molecule has 0 aliphatic heterocycles. The number of nitrogens with zero attached hydrogens (tertiary/aromatic N) is 1. The van der Waals surface area contributed by atoms with E-state index in [4.69, 9.17) is 0 Å². The Balaban J connectivity index is 2.29. The minimum Gasteiger partial charge on any atom is -0.319 e. The van der Waals surface area contributed by atoms with E-state index in [-0.39, 0.29) is 0 Å². The van der Waals surface area contributed by atoms with Gasteiger partial charge in [0, 0.05) is 11.6 Å².